The van der Waals surface area contributed by atoms with E-state index in [9.17, 15) is 18.0 Å². The van der Waals surface area contributed by atoms with Gasteiger partial charge in [-0.2, -0.15) is 13.2 Å². The zero-order chi connectivity index (χ0) is 25.1. The van der Waals surface area contributed by atoms with Crippen LogP contribution in [0, 0.1) is 0 Å². The topological polar surface area (TPSA) is 102 Å². The number of oxazole rings is 1. The normalized spacial score (nSPS) is 11.3. The first-order valence-corrected chi connectivity index (χ1v) is 10.5. The van der Waals surface area contributed by atoms with Crippen LogP contribution in [0.4, 0.5) is 29.7 Å². The van der Waals surface area contributed by atoms with Crippen molar-refractivity contribution >= 4 is 28.6 Å². The quantitative estimate of drug-likeness (QED) is 0.282. The van der Waals surface area contributed by atoms with E-state index in [0.717, 1.165) is 23.0 Å². The Morgan fingerprint density at radius 2 is 1.61 bits per heavy atom. The molecule has 5 aromatic rings. The number of amides is 2. The molecule has 0 radical (unpaired) electrons. The molecule has 2 heterocycles. The van der Waals surface area contributed by atoms with E-state index in [1.807, 2.05) is 24.3 Å². The number of rotatable bonds is 5. The molecule has 36 heavy (non-hydrogen) atoms. The lowest BCUT2D eigenvalue weighted by Crippen LogP contribution is -2.19. The SMILES string of the molecule is O=C(Nc1ccc(Oc2ncnc3ccccc23)cc1)Nc1ncc(-c2ccc(C(F)(F)F)cc2)o1. The number of urea groups is 1. The van der Waals surface area contributed by atoms with Gasteiger partial charge in [-0.3, -0.25) is 5.32 Å². The molecule has 0 spiro atoms. The zero-order valence-corrected chi connectivity index (χ0v) is 18.3. The fourth-order valence-corrected chi connectivity index (χ4v) is 3.33. The summed E-state index contributed by atoms with van der Waals surface area (Å²) in [6.07, 6.45) is -1.70. The number of nitrogens with one attached hydrogen (secondary N) is 2. The lowest BCUT2D eigenvalue weighted by atomic mass is 10.1. The minimum atomic E-state index is -4.43. The number of halogens is 3. The smallest absolute Gasteiger partial charge is 0.416 e. The van der Waals surface area contributed by atoms with Gasteiger partial charge in [-0.25, -0.2) is 19.7 Å². The van der Waals surface area contributed by atoms with Gasteiger partial charge >= 0.3 is 18.2 Å². The second kappa shape index (κ2) is 9.37. The largest absolute Gasteiger partial charge is 0.438 e. The van der Waals surface area contributed by atoms with Crippen LogP contribution in [0.25, 0.3) is 22.2 Å². The summed E-state index contributed by atoms with van der Waals surface area (Å²) in [6.45, 7) is 0. The zero-order valence-electron chi connectivity index (χ0n) is 18.3. The van der Waals surface area contributed by atoms with E-state index in [4.69, 9.17) is 9.15 Å². The Hall–Kier alpha value is -4.93. The van der Waals surface area contributed by atoms with Crippen molar-refractivity contribution in [3.8, 4) is 23.0 Å². The van der Waals surface area contributed by atoms with Crippen LogP contribution in [0.1, 0.15) is 5.56 Å². The Bertz CT molecular complexity index is 1510. The average molecular weight is 491 g/mol. The summed E-state index contributed by atoms with van der Waals surface area (Å²) in [6, 6.07) is 17.8. The van der Waals surface area contributed by atoms with Crippen LogP contribution in [0.3, 0.4) is 0 Å². The van der Waals surface area contributed by atoms with Crippen molar-refractivity contribution in [1.29, 1.82) is 0 Å². The highest BCUT2D eigenvalue weighted by Crippen LogP contribution is 2.31. The predicted octanol–water partition coefficient (Wildman–Crippen LogP) is 6.74. The van der Waals surface area contributed by atoms with Gasteiger partial charge in [-0.1, -0.05) is 24.3 Å². The molecule has 2 amide bonds. The van der Waals surface area contributed by atoms with Crippen LogP contribution >= 0.6 is 0 Å². The Morgan fingerprint density at radius 1 is 0.861 bits per heavy atom. The summed E-state index contributed by atoms with van der Waals surface area (Å²) in [5.41, 5.74) is 0.841. The van der Waals surface area contributed by atoms with Crippen LogP contribution in [0.2, 0.25) is 0 Å². The molecule has 2 aromatic heterocycles. The van der Waals surface area contributed by atoms with E-state index in [0.29, 0.717) is 22.9 Å². The van der Waals surface area contributed by atoms with Crippen molar-refractivity contribution in [2.75, 3.05) is 10.6 Å². The number of ether oxygens (including phenoxy) is 1. The molecule has 0 fully saturated rings. The van der Waals surface area contributed by atoms with E-state index in [-0.39, 0.29) is 11.8 Å². The minimum absolute atomic E-state index is 0.113. The van der Waals surface area contributed by atoms with E-state index < -0.39 is 17.8 Å². The highest BCUT2D eigenvalue weighted by molar-refractivity contribution is 5.98. The molecule has 0 aliphatic heterocycles. The third-order valence-electron chi connectivity index (χ3n) is 5.06. The van der Waals surface area contributed by atoms with Crippen molar-refractivity contribution in [2.24, 2.45) is 0 Å². The van der Waals surface area contributed by atoms with Gasteiger partial charge in [0.1, 0.15) is 12.1 Å². The Morgan fingerprint density at radius 3 is 2.36 bits per heavy atom. The van der Waals surface area contributed by atoms with Crippen LogP contribution in [-0.2, 0) is 6.18 Å². The molecular weight excluding hydrogens is 475 g/mol. The number of hydrogen-bond donors (Lipinski definition) is 2. The molecule has 0 saturated carbocycles. The molecule has 8 nitrogen and oxygen atoms in total. The second-order valence-corrected chi connectivity index (χ2v) is 7.51. The summed E-state index contributed by atoms with van der Waals surface area (Å²) >= 11 is 0. The molecule has 0 unspecified atom stereocenters. The maximum absolute atomic E-state index is 12.7. The Balaban J connectivity index is 1.20. The fourth-order valence-electron chi connectivity index (χ4n) is 3.33. The standard InChI is InChI=1S/C25H16F3N5O3/c26-25(27,28)16-7-5-15(6-8-16)21-13-29-24(36-21)33-23(34)32-17-9-11-18(12-10-17)35-22-19-3-1-2-4-20(19)30-14-31-22/h1-14H,(H2,29,32,33,34). The van der Waals surface area contributed by atoms with E-state index in [1.54, 1.807) is 24.3 Å². The second-order valence-electron chi connectivity index (χ2n) is 7.51. The highest BCUT2D eigenvalue weighted by atomic mass is 19.4. The Labute approximate surface area is 201 Å². The molecule has 180 valence electrons. The number of carbonyl (C=O) groups is 1. The molecular formula is C25H16F3N5O3. The van der Waals surface area contributed by atoms with Crippen molar-refractivity contribution in [1.82, 2.24) is 15.0 Å². The van der Waals surface area contributed by atoms with Gasteiger partial charge in [0.05, 0.1) is 22.7 Å². The summed E-state index contributed by atoms with van der Waals surface area (Å²) in [7, 11) is 0. The molecule has 5 rings (SSSR count). The number of anilines is 2. The average Bonchev–Trinajstić information content (AvgIpc) is 3.33. The molecule has 3 aromatic carbocycles. The van der Waals surface area contributed by atoms with Gasteiger partial charge in [0.25, 0.3) is 0 Å². The van der Waals surface area contributed by atoms with Crippen molar-refractivity contribution < 1.29 is 27.1 Å². The molecule has 11 heteroatoms. The number of benzene rings is 3. The van der Waals surface area contributed by atoms with Crippen LogP contribution in [0.15, 0.2) is 89.7 Å². The molecule has 2 N–H and O–H groups in total. The summed E-state index contributed by atoms with van der Waals surface area (Å²) in [5.74, 6) is 1.13. The monoisotopic (exact) mass is 491 g/mol. The van der Waals surface area contributed by atoms with E-state index in [2.05, 4.69) is 25.6 Å². The van der Waals surface area contributed by atoms with Crippen molar-refractivity contribution in [3.05, 3.63) is 90.9 Å². The van der Waals surface area contributed by atoms with Crippen molar-refractivity contribution in [3.63, 3.8) is 0 Å². The lowest BCUT2D eigenvalue weighted by Gasteiger charge is -2.09. The van der Waals surface area contributed by atoms with Gasteiger partial charge in [0.2, 0.25) is 5.88 Å². The maximum Gasteiger partial charge on any atom is 0.416 e. The number of hydrogen-bond acceptors (Lipinski definition) is 6. The van der Waals surface area contributed by atoms with Gasteiger partial charge in [0, 0.05) is 11.3 Å². The first-order valence-electron chi connectivity index (χ1n) is 10.5. The van der Waals surface area contributed by atoms with E-state index >= 15 is 0 Å². The number of carbonyl (C=O) groups excluding carboxylic acids is 1. The molecule has 0 atom stereocenters. The summed E-state index contributed by atoms with van der Waals surface area (Å²) in [4.78, 5) is 24.6. The van der Waals surface area contributed by atoms with Crippen molar-refractivity contribution in [2.45, 2.75) is 6.18 Å². The van der Waals surface area contributed by atoms with Crippen LogP contribution in [-0.4, -0.2) is 21.0 Å². The fraction of sp³-hybridized carbons (Fsp3) is 0.0400. The number of aromatic nitrogens is 3. The molecule has 0 bridgehead atoms. The first-order chi connectivity index (χ1) is 17.3. The summed E-state index contributed by atoms with van der Waals surface area (Å²) < 4.78 is 49.4. The van der Waals surface area contributed by atoms with Gasteiger partial charge in [-0.05, 0) is 48.5 Å². The van der Waals surface area contributed by atoms with E-state index in [1.165, 1.54) is 24.7 Å². The number of alkyl halides is 3. The van der Waals surface area contributed by atoms with Crippen LogP contribution < -0.4 is 15.4 Å². The Kier molecular flexibility index (Phi) is 5.95. The first kappa shape index (κ1) is 22.8. The van der Waals surface area contributed by atoms with Gasteiger partial charge < -0.3 is 14.5 Å². The number of para-hydroxylation sites is 1. The van der Waals surface area contributed by atoms with Gasteiger partial charge in [0.15, 0.2) is 5.76 Å². The molecule has 0 aliphatic rings. The third kappa shape index (κ3) is 5.09. The lowest BCUT2D eigenvalue weighted by molar-refractivity contribution is -0.137. The molecule has 0 saturated heterocycles. The number of nitrogens with zero attached hydrogens (tertiary/aromatic N) is 3. The maximum atomic E-state index is 12.7. The van der Waals surface area contributed by atoms with Crippen LogP contribution in [0.5, 0.6) is 11.6 Å². The molecule has 0 aliphatic carbocycles. The predicted molar refractivity (Wildman–Crippen MR) is 126 cm³/mol. The van der Waals surface area contributed by atoms with Gasteiger partial charge in [-0.15, -0.1) is 0 Å². The number of fused-ring (bicyclic) bond motifs is 1. The minimum Gasteiger partial charge on any atom is -0.438 e. The highest BCUT2D eigenvalue weighted by Gasteiger charge is 2.30. The third-order valence-corrected chi connectivity index (χ3v) is 5.06. The summed E-state index contributed by atoms with van der Waals surface area (Å²) in [5, 5.41) is 5.83.